The lowest BCUT2D eigenvalue weighted by atomic mass is 9.81. The van der Waals surface area contributed by atoms with Crippen molar-refractivity contribution < 1.29 is 0 Å². The first-order valence-corrected chi connectivity index (χ1v) is 8.14. The maximum absolute atomic E-state index is 3.73. The first kappa shape index (κ1) is 16.0. The van der Waals surface area contributed by atoms with Gasteiger partial charge in [-0.3, -0.25) is 0 Å². The molecule has 0 amide bonds. The fraction of sp³-hybridized carbons (Fsp3) is 1.00. The average molecular weight is 253 g/mol. The Morgan fingerprint density at radius 1 is 1.17 bits per heavy atom. The summed E-state index contributed by atoms with van der Waals surface area (Å²) in [7, 11) is 0. The van der Waals surface area contributed by atoms with E-state index in [1.807, 2.05) is 0 Å². The van der Waals surface area contributed by atoms with E-state index in [4.69, 9.17) is 0 Å². The summed E-state index contributed by atoms with van der Waals surface area (Å²) in [5, 5.41) is 3.73. The topological polar surface area (TPSA) is 12.0 Å². The Morgan fingerprint density at radius 3 is 2.28 bits per heavy atom. The van der Waals surface area contributed by atoms with Crippen LogP contribution in [-0.2, 0) is 0 Å². The zero-order chi connectivity index (χ0) is 13.6. The molecule has 1 heteroatoms. The fourth-order valence-electron chi connectivity index (χ4n) is 3.81. The zero-order valence-electron chi connectivity index (χ0n) is 13.4. The molecule has 0 aromatic carbocycles. The van der Waals surface area contributed by atoms with Gasteiger partial charge in [-0.1, -0.05) is 60.3 Å². The van der Waals surface area contributed by atoms with Crippen molar-refractivity contribution in [3.05, 3.63) is 0 Å². The molecule has 0 spiro atoms. The van der Waals surface area contributed by atoms with Crippen molar-refractivity contribution in [2.24, 2.45) is 17.3 Å². The van der Waals surface area contributed by atoms with Gasteiger partial charge < -0.3 is 5.32 Å². The molecule has 1 nitrogen and oxygen atoms in total. The van der Waals surface area contributed by atoms with Crippen molar-refractivity contribution in [1.29, 1.82) is 0 Å². The van der Waals surface area contributed by atoms with E-state index < -0.39 is 0 Å². The van der Waals surface area contributed by atoms with Crippen LogP contribution in [0.25, 0.3) is 0 Å². The van der Waals surface area contributed by atoms with Crippen LogP contribution in [0.15, 0.2) is 0 Å². The fourth-order valence-corrected chi connectivity index (χ4v) is 3.81. The predicted octanol–water partition coefficient (Wildman–Crippen LogP) is 5.01. The smallest absolute Gasteiger partial charge is 0.00721 e. The van der Waals surface area contributed by atoms with Crippen molar-refractivity contribution in [1.82, 2.24) is 5.32 Å². The van der Waals surface area contributed by atoms with Gasteiger partial charge >= 0.3 is 0 Å². The quantitative estimate of drug-likeness (QED) is 0.672. The maximum Gasteiger partial charge on any atom is 0.00721 e. The van der Waals surface area contributed by atoms with Gasteiger partial charge in [0.2, 0.25) is 0 Å². The molecule has 108 valence electrons. The van der Waals surface area contributed by atoms with E-state index in [0.717, 1.165) is 24.4 Å². The van der Waals surface area contributed by atoms with Crippen molar-refractivity contribution in [3.8, 4) is 0 Å². The molecule has 1 saturated carbocycles. The summed E-state index contributed by atoms with van der Waals surface area (Å²) in [5.41, 5.74) is 0.476. The molecule has 2 unspecified atom stereocenters. The van der Waals surface area contributed by atoms with E-state index in [1.54, 1.807) is 0 Å². The Bertz CT molecular complexity index is 210. The van der Waals surface area contributed by atoms with Crippen LogP contribution >= 0.6 is 0 Å². The van der Waals surface area contributed by atoms with E-state index in [9.17, 15) is 0 Å². The molecule has 0 aliphatic heterocycles. The van der Waals surface area contributed by atoms with Crippen molar-refractivity contribution in [2.75, 3.05) is 6.54 Å². The largest absolute Gasteiger partial charge is 0.314 e. The van der Waals surface area contributed by atoms with E-state index in [1.165, 1.54) is 44.9 Å². The lowest BCUT2D eigenvalue weighted by molar-refractivity contribution is 0.260. The second-order valence-electron chi connectivity index (χ2n) is 7.75. The summed E-state index contributed by atoms with van der Waals surface area (Å²) in [6, 6.07) is 0.760. The molecule has 1 N–H and O–H groups in total. The number of hydrogen-bond acceptors (Lipinski definition) is 1. The predicted molar refractivity (Wildman–Crippen MR) is 81.9 cm³/mol. The molecule has 0 aromatic heterocycles. The SMILES string of the molecule is CCNC(CC(C)CC(C)(C)C)CC1CCCC1. The van der Waals surface area contributed by atoms with E-state index in [2.05, 4.69) is 39.9 Å². The second kappa shape index (κ2) is 7.53. The maximum atomic E-state index is 3.73. The summed E-state index contributed by atoms with van der Waals surface area (Å²) in [4.78, 5) is 0. The lowest BCUT2D eigenvalue weighted by Gasteiger charge is -2.28. The Morgan fingerprint density at radius 2 is 1.78 bits per heavy atom. The zero-order valence-corrected chi connectivity index (χ0v) is 13.4. The molecule has 1 rings (SSSR count). The first-order valence-electron chi connectivity index (χ1n) is 8.14. The van der Waals surface area contributed by atoms with Crippen molar-refractivity contribution in [2.45, 2.75) is 85.6 Å². The van der Waals surface area contributed by atoms with Gasteiger partial charge in [0.05, 0.1) is 0 Å². The van der Waals surface area contributed by atoms with Crippen molar-refractivity contribution in [3.63, 3.8) is 0 Å². The molecule has 1 aliphatic rings. The van der Waals surface area contributed by atoms with Gasteiger partial charge in [-0.25, -0.2) is 0 Å². The van der Waals surface area contributed by atoms with Gasteiger partial charge in [0.25, 0.3) is 0 Å². The highest BCUT2D eigenvalue weighted by atomic mass is 14.9. The molecular formula is C17H35N. The van der Waals surface area contributed by atoms with Gasteiger partial charge in [0.15, 0.2) is 0 Å². The Hall–Kier alpha value is -0.0400. The highest BCUT2D eigenvalue weighted by Gasteiger charge is 2.23. The third-order valence-corrected chi connectivity index (χ3v) is 4.23. The molecule has 0 heterocycles. The van der Waals surface area contributed by atoms with Crippen LogP contribution in [0, 0.1) is 17.3 Å². The van der Waals surface area contributed by atoms with Crippen LogP contribution in [0.1, 0.15) is 79.6 Å². The van der Waals surface area contributed by atoms with Crippen LogP contribution in [0.5, 0.6) is 0 Å². The standard InChI is InChI=1S/C17H35N/c1-6-18-16(12-15-9-7-8-10-15)11-14(2)13-17(3,4)5/h14-16,18H,6-13H2,1-5H3. The second-order valence-corrected chi connectivity index (χ2v) is 7.75. The van der Waals surface area contributed by atoms with Gasteiger partial charge in [0.1, 0.15) is 0 Å². The lowest BCUT2D eigenvalue weighted by Crippen LogP contribution is -2.33. The van der Waals surface area contributed by atoms with E-state index >= 15 is 0 Å². The third-order valence-electron chi connectivity index (χ3n) is 4.23. The number of rotatable bonds is 7. The summed E-state index contributed by atoms with van der Waals surface area (Å²) >= 11 is 0. The normalized spacial score (nSPS) is 21.2. The van der Waals surface area contributed by atoms with E-state index in [0.29, 0.717) is 5.41 Å². The monoisotopic (exact) mass is 253 g/mol. The average Bonchev–Trinajstić information content (AvgIpc) is 2.67. The summed E-state index contributed by atoms with van der Waals surface area (Å²) in [6.07, 6.45) is 10.0. The van der Waals surface area contributed by atoms with Crippen LogP contribution in [0.4, 0.5) is 0 Å². The third kappa shape index (κ3) is 6.78. The van der Waals surface area contributed by atoms with Crippen LogP contribution in [0.2, 0.25) is 0 Å². The molecule has 0 bridgehead atoms. The number of hydrogen-bond donors (Lipinski definition) is 1. The molecule has 2 atom stereocenters. The minimum Gasteiger partial charge on any atom is -0.314 e. The molecule has 0 saturated heterocycles. The van der Waals surface area contributed by atoms with Crippen LogP contribution in [-0.4, -0.2) is 12.6 Å². The Balaban J connectivity index is 2.35. The van der Waals surface area contributed by atoms with Gasteiger partial charge in [0, 0.05) is 6.04 Å². The molecule has 1 aliphatic carbocycles. The highest BCUT2D eigenvalue weighted by molar-refractivity contribution is 4.78. The van der Waals surface area contributed by atoms with Gasteiger partial charge in [-0.15, -0.1) is 0 Å². The molecule has 0 aromatic rings. The Kier molecular flexibility index (Phi) is 6.70. The Labute approximate surface area is 115 Å². The summed E-state index contributed by atoms with van der Waals surface area (Å²) in [6.45, 7) is 12.9. The summed E-state index contributed by atoms with van der Waals surface area (Å²) in [5.74, 6) is 1.85. The van der Waals surface area contributed by atoms with Crippen LogP contribution < -0.4 is 5.32 Å². The van der Waals surface area contributed by atoms with Crippen LogP contribution in [0.3, 0.4) is 0 Å². The molecule has 0 radical (unpaired) electrons. The minimum atomic E-state index is 0.476. The molecule has 18 heavy (non-hydrogen) atoms. The molecule has 1 fully saturated rings. The first-order chi connectivity index (χ1) is 8.40. The van der Waals surface area contributed by atoms with Gasteiger partial charge in [-0.05, 0) is 43.1 Å². The van der Waals surface area contributed by atoms with E-state index in [-0.39, 0.29) is 0 Å². The number of nitrogens with one attached hydrogen (secondary N) is 1. The van der Waals surface area contributed by atoms with Crippen molar-refractivity contribution >= 4 is 0 Å². The highest BCUT2D eigenvalue weighted by Crippen LogP contribution is 2.32. The summed E-state index contributed by atoms with van der Waals surface area (Å²) < 4.78 is 0. The van der Waals surface area contributed by atoms with Gasteiger partial charge in [-0.2, -0.15) is 0 Å². The minimum absolute atomic E-state index is 0.476. The molecular weight excluding hydrogens is 218 g/mol.